The molecule has 164 valence electrons. The van der Waals surface area contributed by atoms with Gasteiger partial charge in [-0.2, -0.15) is 0 Å². The van der Waals surface area contributed by atoms with Crippen molar-refractivity contribution < 1.29 is 14.6 Å². The van der Waals surface area contributed by atoms with Crippen LogP contribution >= 0.6 is 0 Å². The van der Waals surface area contributed by atoms with Crippen LogP contribution in [0.25, 0.3) is 0 Å². The number of amides is 1. The Balaban J connectivity index is 1.15. The molecule has 1 amide bonds. The van der Waals surface area contributed by atoms with Gasteiger partial charge in [-0.05, 0) is 42.0 Å². The van der Waals surface area contributed by atoms with E-state index in [9.17, 15) is 9.90 Å². The predicted molar refractivity (Wildman–Crippen MR) is 123 cm³/mol. The van der Waals surface area contributed by atoms with Gasteiger partial charge >= 0.3 is 114 Å². The molecule has 1 aliphatic heterocycles. The van der Waals surface area contributed by atoms with Crippen molar-refractivity contribution in [2.24, 2.45) is 11.3 Å². The van der Waals surface area contributed by atoms with Crippen LogP contribution in [0.5, 0.6) is 5.75 Å². The van der Waals surface area contributed by atoms with Crippen LogP contribution in [0.3, 0.4) is 0 Å². The Kier molecular flexibility index (Phi) is 5.85. The molecular formula is C26H29BN2O3. The molecule has 1 unspecified atom stereocenters. The maximum absolute atomic E-state index is 12.2. The molecule has 5 rings (SSSR count). The van der Waals surface area contributed by atoms with Crippen LogP contribution < -0.4 is 10.1 Å². The molecule has 32 heavy (non-hydrogen) atoms. The summed E-state index contributed by atoms with van der Waals surface area (Å²) in [5.74, 6) is 4.17. The molecule has 0 bridgehead atoms. The van der Waals surface area contributed by atoms with Gasteiger partial charge < -0.3 is 9.84 Å². The van der Waals surface area contributed by atoms with Gasteiger partial charge in [0.15, 0.2) is 0 Å². The zero-order chi connectivity index (χ0) is 22.1. The van der Waals surface area contributed by atoms with E-state index < -0.39 is 11.5 Å². The van der Waals surface area contributed by atoms with E-state index >= 15 is 0 Å². The molecule has 2 aromatic rings. The maximum atomic E-state index is 12.2. The zero-order valence-corrected chi connectivity index (χ0v) is 18.3. The number of ether oxygens (including phenoxy) is 1. The van der Waals surface area contributed by atoms with Crippen LogP contribution in [0.1, 0.15) is 54.0 Å². The van der Waals surface area contributed by atoms with Gasteiger partial charge in [0.2, 0.25) is 0 Å². The van der Waals surface area contributed by atoms with Gasteiger partial charge in [0.25, 0.3) is 0 Å². The summed E-state index contributed by atoms with van der Waals surface area (Å²) in [6.07, 6.45) is 3.60. The summed E-state index contributed by atoms with van der Waals surface area (Å²) >= 11 is 0. The molecule has 2 aliphatic carbocycles. The number of nitrogens with zero attached hydrogens (tertiary/aromatic N) is 1. The number of hydrogen-bond acceptors (Lipinski definition) is 4. The zero-order valence-electron chi connectivity index (χ0n) is 18.3. The Morgan fingerprint density at radius 1 is 1.19 bits per heavy atom. The molecule has 0 radical (unpaired) electrons. The van der Waals surface area contributed by atoms with E-state index in [4.69, 9.17) is 12.1 Å². The average Bonchev–Trinajstić information content (AvgIpc) is 3.72. The van der Waals surface area contributed by atoms with Gasteiger partial charge in [-0.25, -0.2) is 0 Å². The second-order valence-corrected chi connectivity index (χ2v) is 9.53. The fourth-order valence-electron chi connectivity index (χ4n) is 4.32. The molecule has 1 atom stereocenters. The van der Waals surface area contributed by atoms with Crippen molar-refractivity contribution in [3.8, 4) is 11.6 Å². The van der Waals surface area contributed by atoms with Crippen LogP contribution in [0.15, 0.2) is 42.5 Å². The van der Waals surface area contributed by atoms with Crippen molar-refractivity contribution in [2.45, 2.75) is 51.4 Å². The number of carbonyl (C=O) groups is 1. The number of benzene rings is 2. The minimum atomic E-state index is -0.560. The Bertz CT molecular complexity index is 1040. The van der Waals surface area contributed by atoms with E-state index in [2.05, 4.69) is 34.2 Å². The summed E-state index contributed by atoms with van der Waals surface area (Å²) < 4.78 is 5.88. The standard InChI is InChI=1S/C26H29BN2O3/c27-17-26(9-10-26)25(31)28-12-18-1-3-19(4-2-18)13-29-14-21-7-8-22(32-16-20-5-6-20)11-23(21)24(30)15-29/h1-4,7-8,11,20,24,30H,5-6,9-10,12-16H2,(H,28,31). The van der Waals surface area contributed by atoms with Crippen molar-refractivity contribution in [2.75, 3.05) is 13.2 Å². The third-order valence-corrected chi connectivity index (χ3v) is 6.83. The fraction of sp³-hybridized carbons (Fsp3) is 0.462. The van der Waals surface area contributed by atoms with Gasteiger partial charge in [0.1, 0.15) is 5.75 Å². The van der Waals surface area contributed by atoms with E-state index in [0.717, 1.165) is 55.0 Å². The predicted octanol–water partition coefficient (Wildman–Crippen LogP) is 3.05. The van der Waals surface area contributed by atoms with Crippen LogP contribution in [0.4, 0.5) is 0 Å². The first-order valence-electron chi connectivity index (χ1n) is 11.5. The van der Waals surface area contributed by atoms with E-state index in [0.29, 0.717) is 19.0 Å². The van der Waals surface area contributed by atoms with Crippen molar-refractivity contribution in [1.29, 1.82) is 0 Å². The Morgan fingerprint density at radius 2 is 1.94 bits per heavy atom. The minimum absolute atomic E-state index is 0.0360. The Morgan fingerprint density at radius 3 is 2.62 bits per heavy atom. The molecule has 2 aromatic carbocycles. The molecule has 2 fully saturated rings. The van der Waals surface area contributed by atoms with Gasteiger partial charge in [0, 0.05) is 0 Å². The number of rotatable bonds is 8. The second kappa shape index (κ2) is 8.78. The number of carbonyl (C=O) groups excluding carboxylic acids is 1. The molecule has 6 heteroatoms. The Labute approximate surface area is 190 Å². The summed E-state index contributed by atoms with van der Waals surface area (Å²) in [5, 5.41) is 13.7. The first-order chi connectivity index (χ1) is 15.5. The number of aliphatic hydroxyl groups excluding tert-OH is 1. The van der Waals surface area contributed by atoms with Gasteiger partial charge in [0.05, 0.1) is 12.7 Å². The number of nitrogens with one attached hydrogen (secondary N) is 1. The van der Waals surface area contributed by atoms with Crippen molar-refractivity contribution in [3.05, 3.63) is 64.7 Å². The normalized spacial score (nSPS) is 21.4. The van der Waals surface area contributed by atoms with Crippen molar-refractivity contribution in [1.82, 2.24) is 10.2 Å². The summed E-state index contributed by atoms with van der Waals surface area (Å²) in [5.41, 5.74) is 3.82. The quantitative estimate of drug-likeness (QED) is 0.635. The molecular weight excluding hydrogens is 399 g/mol. The van der Waals surface area contributed by atoms with Crippen LogP contribution in [0, 0.1) is 17.1 Å². The summed E-state index contributed by atoms with van der Waals surface area (Å²) in [6, 6.07) is 14.4. The van der Waals surface area contributed by atoms with E-state index in [-0.39, 0.29) is 5.91 Å². The third-order valence-electron chi connectivity index (χ3n) is 6.83. The number of aliphatic hydroxyl groups is 1. The van der Waals surface area contributed by atoms with Crippen molar-refractivity contribution >= 4 is 13.2 Å². The molecule has 3 aliphatic rings. The molecule has 0 saturated heterocycles. The molecule has 0 aromatic heterocycles. The monoisotopic (exact) mass is 428 g/mol. The summed E-state index contributed by atoms with van der Waals surface area (Å²) in [7, 11) is 5.48. The summed E-state index contributed by atoms with van der Waals surface area (Å²) in [6.45, 7) is 3.45. The van der Waals surface area contributed by atoms with E-state index in [1.165, 1.54) is 18.4 Å². The molecule has 0 spiro atoms. The fourth-order valence-corrected chi connectivity index (χ4v) is 4.32. The SMILES string of the molecule is B#CC1(C(=O)NCc2ccc(CN3Cc4ccc(OCC5CC5)cc4C(O)C3)cc2)CC1. The first kappa shape index (κ1) is 21.3. The first-order valence-corrected chi connectivity index (χ1v) is 11.5. The van der Waals surface area contributed by atoms with Gasteiger partial charge in [-0.15, -0.1) is 0 Å². The third kappa shape index (κ3) is 4.78. The topological polar surface area (TPSA) is 61.8 Å². The molecule has 2 N–H and O–H groups in total. The van der Waals surface area contributed by atoms with Crippen molar-refractivity contribution in [3.63, 3.8) is 0 Å². The van der Waals surface area contributed by atoms with Crippen LogP contribution in [0.2, 0.25) is 0 Å². The molecule has 2 saturated carbocycles. The number of fused-ring (bicyclic) bond motifs is 1. The number of hydrogen-bond donors (Lipinski definition) is 2. The molecule has 1 heterocycles. The van der Waals surface area contributed by atoms with E-state index in [1.54, 1.807) is 0 Å². The van der Waals surface area contributed by atoms with E-state index in [1.807, 2.05) is 24.3 Å². The van der Waals surface area contributed by atoms with Gasteiger partial charge in [-0.1, -0.05) is 6.07 Å². The number of β-amino-alcohol motifs (C(OH)–C–C–N with tert-alkyl or cyclic N) is 1. The van der Waals surface area contributed by atoms with Crippen LogP contribution in [-0.2, 0) is 24.4 Å². The van der Waals surface area contributed by atoms with Gasteiger partial charge in [-0.3, -0.25) is 0 Å². The Hall–Kier alpha value is -2.53. The second-order valence-electron chi connectivity index (χ2n) is 9.53. The summed E-state index contributed by atoms with van der Waals surface area (Å²) in [4.78, 5) is 14.5. The van der Waals surface area contributed by atoms with Crippen LogP contribution in [-0.4, -0.2) is 36.4 Å². The molecule has 5 nitrogen and oxygen atoms in total. The average molecular weight is 428 g/mol.